The van der Waals surface area contributed by atoms with Crippen LogP contribution in [-0.4, -0.2) is 25.7 Å². The van der Waals surface area contributed by atoms with Crippen molar-refractivity contribution < 1.29 is 4.74 Å². The predicted molar refractivity (Wildman–Crippen MR) is 49.8 cm³/mol. The molecule has 0 unspecified atom stereocenters. The van der Waals surface area contributed by atoms with Gasteiger partial charge in [0.1, 0.15) is 5.69 Å². The van der Waals surface area contributed by atoms with E-state index in [1.165, 1.54) is 0 Å². The van der Waals surface area contributed by atoms with Gasteiger partial charge in [-0.2, -0.15) is 0 Å². The number of rotatable bonds is 4. The van der Waals surface area contributed by atoms with Gasteiger partial charge in [-0.15, -0.1) is 0 Å². The molecule has 0 aliphatic heterocycles. The SMILES string of the molecule is CCOc1c(NN(C)C)c(=O)c1=O. The van der Waals surface area contributed by atoms with Gasteiger partial charge in [0.2, 0.25) is 0 Å². The van der Waals surface area contributed by atoms with Gasteiger partial charge in [0.05, 0.1) is 6.61 Å². The topological polar surface area (TPSA) is 58.6 Å². The number of hydrogen-bond acceptors (Lipinski definition) is 5. The number of ether oxygens (including phenoxy) is 1. The number of hydrogen-bond donors (Lipinski definition) is 1. The van der Waals surface area contributed by atoms with Gasteiger partial charge in [-0.25, -0.2) is 5.01 Å². The maximum absolute atomic E-state index is 11.0. The van der Waals surface area contributed by atoms with Crippen LogP contribution in [0.25, 0.3) is 0 Å². The zero-order valence-corrected chi connectivity index (χ0v) is 7.88. The van der Waals surface area contributed by atoms with Crippen LogP contribution in [0.1, 0.15) is 6.92 Å². The van der Waals surface area contributed by atoms with Crippen LogP contribution in [-0.2, 0) is 0 Å². The van der Waals surface area contributed by atoms with Crippen molar-refractivity contribution in [3.63, 3.8) is 0 Å². The van der Waals surface area contributed by atoms with Crippen molar-refractivity contribution >= 4 is 5.69 Å². The molecule has 0 saturated carbocycles. The minimum Gasteiger partial charge on any atom is -0.488 e. The fourth-order valence-corrected chi connectivity index (χ4v) is 0.978. The van der Waals surface area contributed by atoms with Crippen molar-refractivity contribution in [1.29, 1.82) is 0 Å². The average molecular weight is 184 g/mol. The number of hydrazine groups is 1. The highest BCUT2D eigenvalue weighted by Gasteiger charge is 2.22. The molecular weight excluding hydrogens is 172 g/mol. The van der Waals surface area contributed by atoms with Gasteiger partial charge in [-0.3, -0.25) is 9.59 Å². The highest BCUT2D eigenvalue weighted by atomic mass is 16.5. The Labute approximate surface area is 75.6 Å². The van der Waals surface area contributed by atoms with E-state index in [1.807, 2.05) is 0 Å². The zero-order chi connectivity index (χ0) is 10.0. The first-order valence-corrected chi connectivity index (χ1v) is 3.98. The molecule has 1 N–H and O–H groups in total. The van der Waals surface area contributed by atoms with Gasteiger partial charge in [0.15, 0.2) is 5.75 Å². The summed E-state index contributed by atoms with van der Waals surface area (Å²) < 4.78 is 4.99. The van der Waals surface area contributed by atoms with Crippen molar-refractivity contribution in [3.05, 3.63) is 20.4 Å². The molecule has 0 amide bonds. The van der Waals surface area contributed by atoms with E-state index in [9.17, 15) is 9.59 Å². The van der Waals surface area contributed by atoms with E-state index < -0.39 is 10.9 Å². The summed E-state index contributed by atoms with van der Waals surface area (Å²) in [6.07, 6.45) is 0. The molecular formula is C8H12N2O3. The van der Waals surface area contributed by atoms with Gasteiger partial charge in [0.25, 0.3) is 10.9 Å². The van der Waals surface area contributed by atoms with Crippen LogP contribution in [0, 0.1) is 0 Å². The van der Waals surface area contributed by atoms with E-state index in [0.717, 1.165) is 0 Å². The highest BCUT2D eigenvalue weighted by Crippen LogP contribution is 2.16. The lowest BCUT2D eigenvalue weighted by Crippen LogP contribution is -2.38. The van der Waals surface area contributed by atoms with Crippen LogP contribution in [0.15, 0.2) is 9.59 Å². The van der Waals surface area contributed by atoms with Gasteiger partial charge in [0, 0.05) is 14.1 Å². The molecule has 0 aromatic heterocycles. The second-order valence-corrected chi connectivity index (χ2v) is 2.80. The van der Waals surface area contributed by atoms with E-state index in [1.54, 1.807) is 26.0 Å². The molecule has 0 fully saturated rings. The van der Waals surface area contributed by atoms with Crippen molar-refractivity contribution in [2.45, 2.75) is 6.92 Å². The van der Waals surface area contributed by atoms with Gasteiger partial charge >= 0.3 is 0 Å². The number of anilines is 1. The summed E-state index contributed by atoms with van der Waals surface area (Å²) >= 11 is 0. The fourth-order valence-electron chi connectivity index (χ4n) is 0.978. The first-order chi connectivity index (χ1) is 6.07. The van der Waals surface area contributed by atoms with Crippen molar-refractivity contribution in [3.8, 4) is 5.75 Å². The van der Waals surface area contributed by atoms with Crippen molar-refractivity contribution in [1.82, 2.24) is 5.01 Å². The summed E-state index contributed by atoms with van der Waals surface area (Å²) in [5, 5.41) is 1.58. The van der Waals surface area contributed by atoms with Crippen LogP contribution in [0.5, 0.6) is 5.75 Å². The first-order valence-electron chi connectivity index (χ1n) is 3.98. The van der Waals surface area contributed by atoms with Crippen molar-refractivity contribution in [2.24, 2.45) is 0 Å². The van der Waals surface area contributed by atoms with E-state index in [0.29, 0.717) is 6.61 Å². The largest absolute Gasteiger partial charge is 0.488 e. The molecule has 0 radical (unpaired) electrons. The minimum absolute atomic E-state index is 0.140. The van der Waals surface area contributed by atoms with E-state index in [4.69, 9.17) is 4.74 Å². The lowest BCUT2D eigenvalue weighted by molar-refractivity contribution is 0.332. The Morgan fingerprint density at radius 3 is 2.38 bits per heavy atom. The van der Waals surface area contributed by atoms with Crippen LogP contribution in [0.4, 0.5) is 5.69 Å². The maximum Gasteiger partial charge on any atom is 0.272 e. The third-order valence-corrected chi connectivity index (χ3v) is 1.49. The summed E-state index contributed by atoms with van der Waals surface area (Å²) in [7, 11) is 3.46. The second kappa shape index (κ2) is 3.57. The Morgan fingerprint density at radius 2 is 1.92 bits per heavy atom. The van der Waals surface area contributed by atoms with Gasteiger partial charge in [-0.1, -0.05) is 0 Å². The lowest BCUT2D eigenvalue weighted by Gasteiger charge is -2.17. The van der Waals surface area contributed by atoms with Crippen LogP contribution in [0.3, 0.4) is 0 Å². The minimum atomic E-state index is -0.550. The molecule has 0 aliphatic rings. The quantitative estimate of drug-likeness (QED) is 0.508. The number of nitrogens with one attached hydrogen (secondary N) is 1. The summed E-state index contributed by atoms with van der Waals surface area (Å²) in [6, 6.07) is 0. The Balaban J connectivity index is 2.88. The third-order valence-electron chi connectivity index (χ3n) is 1.49. The van der Waals surface area contributed by atoms with Crippen LogP contribution < -0.4 is 21.0 Å². The van der Waals surface area contributed by atoms with E-state index in [2.05, 4.69) is 5.43 Å². The highest BCUT2D eigenvalue weighted by molar-refractivity contribution is 5.61. The van der Waals surface area contributed by atoms with Gasteiger partial charge < -0.3 is 10.2 Å². The van der Waals surface area contributed by atoms with E-state index >= 15 is 0 Å². The summed E-state index contributed by atoms with van der Waals surface area (Å²) in [5.41, 5.74) is 1.89. The molecule has 0 aliphatic carbocycles. The second-order valence-electron chi connectivity index (χ2n) is 2.80. The third kappa shape index (κ3) is 1.70. The Hall–Kier alpha value is -1.36. The normalized spacial score (nSPS) is 10.8. The molecule has 72 valence electrons. The van der Waals surface area contributed by atoms with E-state index in [-0.39, 0.29) is 11.4 Å². The van der Waals surface area contributed by atoms with Gasteiger partial charge in [-0.05, 0) is 6.92 Å². The first kappa shape index (κ1) is 9.73. The number of nitrogens with zero attached hydrogens (tertiary/aromatic N) is 1. The monoisotopic (exact) mass is 184 g/mol. The maximum atomic E-state index is 11.0. The molecule has 0 heterocycles. The Morgan fingerprint density at radius 1 is 1.31 bits per heavy atom. The molecule has 5 nitrogen and oxygen atoms in total. The molecule has 1 aromatic rings. The molecule has 0 spiro atoms. The zero-order valence-electron chi connectivity index (χ0n) is 7.88. The summed E-state index contributed by atoms with van der Waals surface area (Å²) in [6.45, 7) is 2.14. The fraction of sp³-hybridized carbons (Fsp3) is 0.500. The molecule has 13 heavy (non-hydrogen) atoms. The molecule has 0 saturated heterocycles. The van der Waals surface area contributed by atoms with Crippen LogP contribution in [0.2, 0.25) is 0 Å². The molecule has 1 aromatic carbocycles. The average Bonchev–Trinajstić information content (AvgIpc) is 2.10. The molecule has 0 atom stereocenters. The standard InChI is InChI=1S/C8H12N2O3/c1-4-13-8-5(9-10(2)3)6(11)7(8)12/h9H,4H2,1-3H3. The molecule has 5 heteroatoms. The Bertz CT molecular complexity index is 363. The summed E-state index contributed by atoms with van der Waals surface area (Å²) in [5.74, 6) is 0.140. The Kier molecular flexibility index (Phi) is 2.67. The molecule has 0 bridgehead atoms. The lowest BCUT2D eigenvalue weighted by atomic mass is 10.2. The predicted octanol–water partition coefficient (Wildman–Crippen LogP) is -0.430. The smallest absolute Gasteiger partial charge is 0.272 e. The summed E-state index contributed by atoms with van der Waals surface area (Å²) in [4.78, 5) is 22.0. The molecule has 1 rings (SSSR count). The van der Waals surface area contributed by atoms with Crippen molar-refractivity contribution in [2.75, 3.05) is 26.1 Å². The van der Waals surface area contributed by atoms with Crippen LogP contribution >= 0.6 is 0 Å².